The number of ether oxygens (including phenoxy) is 1. The second-order valence-electron chi connectivity index (χ2n) is 6.96. The smallest absolute Gasteiger partial charge is 0.222 e. The van der Waals surface area contributed by atoms with E-state index in [-0.39, 0.29) is 0 Å². The maximum Gasteiger partial charge on any atom is 0.222 e. The maximum absolute atomic E-state index is 12.2. The van der Waals surface area contributed by atoms with Crippen molar-refractivity contribution < 1.29 is 9.53 Å². The van der Waals surface area contributed by atoms with Crippen molar-refractivity contribution in [3.05, 3.63) is 35.4 Å². The van der Waals surface area contributed by atoms with Gasteiger partial charge in [-0.15, -0.1) is 0 Å². The van der Waals surface area contributed by atoms with E-state index in [9.17, 15) is 4.79 Å². The molecule has 0 radical (unpaired) electrons. The first-order valence-corrected chi connectivity index (χ1v) is 8.73. The lowest BCUT2D eigenvalue weighted by atomic mass is 9.83. The first kappa shape index (κ1) is 16.5. The first-order chi connectivity index (χ1) is 11.2. The van der Waals surface area contributed by atoms with Crippen LogP contribution in [0, 0.1) is 12.8 Å². The number of likely N-dealkylation sites (tertiary alicyclic amines) is 2. The molecule has 4 heteroatoms. The molecule has 1 aromatic carbocycles. The van der Waals surface area contributed by atoms with Crippen LogP contribution < -0.4 is 0 Å². The summed E-state index contributed by atoms with van der Waals surface area (Å²) in [5.74, 6) is 0.930. The summed E-state index contributed by atoms with van der Waals surface area (Å²) in [6, 6.07) is 9.26. The molecule has 2 aliphatic rings. The molecule has 1 amide bonds. The fourth-order valence-electron chi connectivity index (χ4n) is 4.00. The Morgan fingerprint density at radius 3 is 2.74 bits per heavy atom. The van der Waals surface area contributed by atoms with E-state index in [1.165, 1.54) is 11.1 Å². The summed E-state index contributed by atoms with van der Waals surface area (Å²) < 4.78 is 5.18. The summed E-state index contributed by atoms with van der Waals surface area (Å²) in [4.78, 5) is 16.9. The van der Waals surface area contributed by atoms with Crippen LogP contribution in [-0.4, -0.2) is 55.1 Å². The van der Waals surface area contributed by atoms with Crippen molar-refractivity contribution in [2.75, 3.05) is 33.4 Å². The lowest BCUT2D eigenvalue weighted by molar-refractivity contribution is -0.142. The zero-order valence-electron chi connectivity index (χ0n) is 14.3. The van der Waals surface area contributed by atoms with Gasteiger partial charge in [0.05, 0.1) is 6.61 Å². The van der Waals surface area contributed by atoms with E-state index in [0.29, 0.717) is 30.9 Å². The number of nitrogens with zero attached hydrogens (tertiary/aromatic N) is 2. The number of amides is 1. The second-order valence-corrected chi connectivity index (χ2v) is 6.96. The third-order valence-corrected chi connectivity index (χ3v) is 5.29. The monoisotopic (exact) mass is 316 g/mol. The summed E-state index contributed by atoms with van der Waals surface area (Å²) in [6.45, 7) is 6.72. The van der Waals surface area contributed by atoms with Crippen LogP contribution in [0.4, 0.5) is 0 Å². The predicted octanol–water partition coefficient (Wildman–Crippen LogP) is 2.45. The van der Waals surface area contributed by atoms with Crippen LogP contribution in [0.2, 0.25) is 0 Å². The van der Waals surface area contributed by atoms with E-state index in [2.05, 4.69) is 41.0 Å². The molecular formula is C19H28N2O2. The minimum atomic E-state index is 0.315. The van der Waals surface area contributed by atoms with Crippen molar-refractivity contribution in [3.8, 4) is 0 Å². The van der Waals surface area contributed by atoms with Crippen molar-refractivity contribution in [2.45, 2.75) is 38.8 Å². The molecule has 2 saturated heterocycles. The lowest BCUT2D eigenvalue weighted by Gasteiger charge is -2.47. The van der Waals surface area contributed by atoms with Crippen LogP contribution in [0.15, 0.2) is 24.3 Å². The number of methoxy groups -OCH3 is 1. The molecule has 0 spiro atoms. The van der Waals surface area contributed by atoms with E-state index in [0.717, 1.165) is 39.0 Å². The van der Waals surface area contributed by atoms with Gasteiger partial charge in [0.1, 0.15) is 0 Å². The minimum absolute atomic E-state index is 0.315. The van der Waals surface area contributed by atoms with Gasteiger partial charge in [-0.05, 0) is 31.2 Å². The number of rotatable bonds is 5. The number of carbonyl (C=O) groups is 1. The van der Waals surface area contributed by atoms with Crippen molar-refractivity contribution in [1.29, 1.82) is 0 Å². The van der Waals surface area contributed by atoms with Crippen molar-refractivity contribution in [2.24, 2.45) is 5.92 Å². The highest BCUT2D eigenvalue weighted by Gasteiger charge is 2.38. The molecule has 3 rings (SSSR count). The van der Waals surface area contributed by atoms with Gasteiger partial charge in [0.15, 0.2) is 0 Å². The first-order valence-electron chi connectivity index (χ1n) is 8.73. The Balaban J connectivity index is 1.60. The number of hydrogen-bond donors (Lipinski definition) is 0. The Kier molecular flexibility index (Phi) is 5.34. The Hall–Kier alpha value is -1.39. The summed E-state index contributed by atoms with van der Waals surface area (Å²) in [6.07, 6.45) is 2.83. The molecule has 0 bridgehead atoms. The average molecular weight is 316 g/mol. The third kappa shape index (κ3) is 3.93. The summed E-state index contributed by atoms with van der Waals surface area (Å²) in [7, 11) is 1.70. The predicted molar refractivity (Wildman–Crippen MR) is 91.2 cm³/mol. The molecular weight excluding hydrogens is 288 g/mol. The molecule has 4 nitrogen and oxygen atoms in total. The molecule has 0 saturated carbocycles. The van der Waals surface area contributed by atoms with Gasteiger partial charge in [-0.2, -0.15) is 0 Å². The molecule has 2 aliphatic heterocycles. The van der Waals surface area contributed by atoms with Crippen molar-refractivity contribution in [1.82, 2.24) is 9.80 Å². The molecule has 23 heavy (non-hydrogen) atoms. The van der Waals surface area contributed by atoms with Crippen molar-refractivity contribution in [3.63, 3.8) is 0 Å². The molecule has 0 aromatic heterocycles. The van der Waals surface area contributed by atoms with Crippen molar-refractivity contribution >= 4 is 5.91 Å². The van der Waals surface area contributed by atoms with Crippen LogP contribution in [-0.2, 0) is 16.1 Å². The number of hydrogen-bond acceptors (Lipinski definition) is 3. The van der Waals surface area contributed by atoms with Crippen LogP contribution in [0.5, 0.6) is 0 Å². The minimum Gasteiger partial charge on any atom is -0.383 e. The number of benzene rings is 1. The fourth-order valence-corrected chi connectivity index (χ4v) is 4.00. The van der Waals surface area contributed by atoms with Crippen LogP contribution in [0.3, 0.4) is 0 Å². The summed E-state index contributed by atoms with van der Waals surface area (Å²) >= 11 is 0. The number of aryl methyl sites for hydroxylation is 1. The van der Waals surface area contributed by atoms with E-state index in [4.69, 9.17) is 4.74 Å². The summed E-state index contributed by atoms with van der Waals surface area (Å²) in [5.41, 5.74) is 2.70. The average Bonchev–Trinajstić information content (AvgIpc) is 2.56. The molecule has 126 valence electrons. The highest BCUT2D eigenvalue weighted by Crippen LogP contribution is 2.31. The van der Waals surface area contributed by atoms with Gasteiger partial charge < -0.3 is 9.64 Å². The lowest BCUT2D eigenvalue weighted by Crippen LogP contribution is -2.56. The fraction of sp³-hybridized carbons (Fsp3) is 0.632. The summed E-state index contributed by atoms with van der Waals surface area (Å²) in [5, 5.41) is 0. The highest BCUT2D eigenvalue weighted by atomic mass is 16.5. The second kappa shape index (κ2) is 7.45. The Labute approximate surface area is 139 Å². The normalized spacial score (nSPS) is 25.5. The quantitative estimate of drug-likeness (QED) is 0.836. The highest BCUT2D eigenvalue weighted by molar-refractivity contribution is 5.77. The Morgan fingerprint density at radius 1 is 1.22 bits per heavy atom. The van der Waals surface area contributed by atoms with E-state index < -0.39 is 0 Å². The zero-order chi connectivity index (χ0) is 16.2. The molecule has 2 atom stereocenters. The molecule has 2 heterocycles. The number of piperidine rings is 2. The molecule has 1 aromatic rings. The van der Waals surface area contributed by atoms with Gasteiger partial charge >= 0.3 is 0 Å². The molecule has 0 aliphatic carbocycles. The van der Waals surface area contributed by atoms with Gasteiger partial charge in [0.25, 0.3) is 0 Å². The third-order valence-electron chi connectivity index (χ3n) is 5.29. The van der Waals surface area contributed by atoms with Gasteiger partial charge in [-0.25, -0.2) is 0 Å². The zero-order valence-corrected chi connectivity index (χ0v) is 14.3. The SMILES string of the molecule is COCCN1C(=O)CC[C@H]2CN(Cc3ccc(C)cc3)CC[C@H]21. The molecule has 0 N–H and O–H groups in total. The maximum atomic E-state index is 12.2. The van der Waals surface area contributed by atoms with Gasteiger partial charge in [0, 0.05) is 45.8 Å². The van der Waals surface area contributed by atoms with Gasteiger partial charge in [-0.1, -0.05) is 29.8 Å². The number of carbonyl (C=O) groups excluding carboxylic acids is 1. The van der Waals surface area contributed by atoms with E-state index in [1.807, 2.05) is 0 Å². The van der Waals surface area contributed by atoms with Crippen LogP contribution in [0.25, 0.3) is 0 Å². The van der Waals surface area contributed by atoms with E-state index in [1.54, 1.807) is 7.11 Å². The Bertz CT molecular complexity index is 529. The largest absolute Gasteiger partial charge is 0.383 e. The topological polar surface area (TPSA) is 32.8 Å². The van der Waals surface area contributed by atoms with Gasteiger partial charge in [0.2, 0.25) is 5.91 Å². The standard InChI is InChI=1S/C19H28N2O2/c1-15-3-5-16(6-4-15)13-20-10-9-18-17(14-20)7-8-19(22)21(18)11-12-23-2/h3-6,17-18H,7-14H2,1-2H3/t17-,18+/m0/s1. The molecule has 2 fully saturated rings. The molecule has 0 unspecified atom stereocenters. The Morgan fingerprint density at radius 2 is 2.00 bits per heavy atom. The van der Waals surface area contributed by atoms with Gasteiger partial charge in [-0.3, -0.25) is 9.69 Å². The van der Waals surface area contributed by atoms with Crippen LogP contribution in [0.1, 0.15) is 30.4 Å². The van der Waals surface area contributed by atoms with Crippen LogP contribution >= 0.6 is 0 Å². The van der Waals surface area contributed by atoms with E-state index >= 15 is 0 Å². The number of fused-ring (bicyclic) bond motifs is 1.